The standard InChI is InChI=1S/C14H13ClN2O3.C14H14N2O4/c1-3-20-14(18)10-8-16-13(17-12(10)15)9-6-4-5-7-11(9)19-2;1-3-20-14(18)10-8-15-12(16-13(10)17)9-6-4-5-7-11(9)19-2/h4-8H,3H2,1-2H3;4-8H,3H2,1-2H3,(H,15,16,17). The van der Waals surface area contributed by atoms with Crippen LogP contribution in [0.5, 0.6) is 11.5 Å². The zero-order chi connectivity index (χ0) is 29.1. The van der Waals surface area contributed by atoms with E-state index < -0.39 is 17.5 Å². The van der Waals surface area contributed by atoms with Gasteiger partial charge in [0, 0.05) is 12.4 Å². The smallest absolute Gasteiger partial charge is 0.345 e. The SMILES string of the molecule is CCOC(=O)c1cnc(-c2ccccc2OC)[nH]c1=O.CCOC(=O)c1cnc(-c2ccccc2OC)nc1Cl. The molecule has 0 spiro atoms. The molecule has 2 aromatic heterocycles. The molecule has 0 fully saturated rings. The monoisotopic (exact) mass is 566 g/mol. The number of nitrogens with one attached hydrogen (secondary N) is 1. The molecule has 208 valence electrons. The molecule has 2 aromatic carbocycles. The van der Waals surface area contributed by atoms with E-state index in [1.807, 2.05) is 24.3 Å². The number of hydrogen-bond acceptors (Lipinski definition) is 10. The number of halogens is 1. The van der Waals surface area contributed by atoms with Crippen molar-refractivity contribution in [3.63, 3.8) is 0 Å². The van der Waals surface area contributed by atoms with Gasteiger partial charge in [0.25, 0.3) is 5.56 Å². The minimum absolute atomic E-state index is 0.0550. The van der Waals surface area contributed by atoms with Crippen LogP contribution in [0.3, 0.4) is 0 Å². The molecule has 4 rings (SSSR count). The van der Waals surface area contributed by atoms with E-state index >= 15 is 0 Å². The average molecular weight is 567 g/mol. The number of methoxy groups -OCH3 is 2. The summed E-state index contributed by atoms with van der Waals surface area (Å²) in [5, 5.41) is 0.0550. The Balaban J connectivity index is 0.000000220. The minimum Gasteiger partial charge on any atom is -0.496 e. The summed E-state index contributed by atoms with van der Waals surface area (Å²) in [4.78, 5) is 50.0. The number of H-pyrrole nitrogens is 1. The Morgan fingerprint density at radius 1 is 0.800 bits per heavy atom. The maximum atomic E-state index is 11.9. The molecule has 11 nitrogen and oxygen atoms in total. The van der Waals surface area contributed by atoms with Crippen LogP contribution in [0, 0.1) is 0 Å². The lowest BCUT2D eigenvalue weighted by atomic mass is 10.2. The van der Waals surface area contributed by atoms with E-state index in [-0.39, 0.29) is 29.5 Å². The van der Waals surface area contributed by atoms with Gasteiger partial charge in [-0.05, 0) is 38.1 Å². The summed E-state index contributed by atoms with van der Waals surface area (Å²) >= 11 is 6.01. The van der Waals surface area contributed by atoms with Gasteiger partial charge in [-0.3, -0.25) is 4.79 Å². The lowest BCUT2D eigenvalue weighted by molar-refractivity contribution is 0.0515. The quantitative estimate of drug-likeness (QED) is 0.237. The zero-order valence-electron chi connectivity index (χ0n) is 22.3. The van der Waals surface area contributed by atoms with Crippen molar-refractivity contribution in [1.82, 2.24) is 19.9 Å². The summed E-state index contributed by atoms with van der Waals surface area (Å²) in [6.45, 7) is 3.86. The van der Waals surface area contributed by atoms with Crippen LogP contribution in [0.4, 0.5) is 0 Å². The third-order valence-corrected chi connectivity index (χ3v) is 5.53. The van der Waals surface area contributed by atoms with Crippen molar-refractivity contribution in [3.05, 3.63) is 87.6 Å². The first kappa shape index (κ1) is 29.8. The molecule has 0 amide bonds. The summed E-state index contributed by atoms with van der Waals surface area (Å²) < 4.78 is 20.1. The molecule has 0 aliphatic rings. The van der Waals surface area contributed by atoms with Gasteiger partial charge in [-0.15, -0.1) is 0 Å². The first-order valence-corrected chi connectivity index (χ1v) is 12.4. The fraction of sp³-hybridized carbons (Fsp3) is 0.214. The van der Waals surface area contributed by atoms with Crippen molar-refractivity contribution in [2.45, 2.75) is 13.8 Å². The molecular formula is C28H27ClN4O7. The molecule has 0 bridgehead atoms. The van der Waals surface area contributed by atoms with Crippen LogP contribution in [0.15, 0.2) is 65.7 Å². The molecule has 12 heteroatoms. The summed E-state index contributed by atoms with van der Waals surface area (Å²) in [6, 6.07) is 14.4. The van der Waals surface area contributed by atoms with Crippen molar-refractivity contribution in [3.8, 4) is 34.3 Å². The van der Waals surface area contributed by atoms with Crippen molar-refractivity contribution >= 4 is 23.5 Å². The third-order valence-electron chi connectivity index (χ3n) is 5.24. The number of nitrogens with zero attached hydrogens (tertiary/aromatic N) is 3. The Kier molecular flexibility index (Phi) is 10.7. The number of hydrogen-bond donors (Lipinski definition) is 1. The maximum Gasteiger partial charge on any atom is 0.345 e. The predicted octanol–water partition coefficient (Wildman–Crippen LogP) is 4.60. The average Bonchev–Trinajstić information content (AvgIpc) is 2.97. The Morgan fingerprint density at radius 2 is 1.32 bits per heavy atom. The molecule has 0 unspecified atom stereocenters. The van der Waals surface area contributed by atoms with Gasteiger partial charge in [0.2, 0.25) is 0 Å². The molecule has 0 radical (unpaired) electrons. The highest BCUT2D eigenvalue weighted by molar-refractivity contribution is 6.32. The van der Waals surface area contributed by atoms with Crippen molar-refractivity contribution in [2.75, 3.05) is 27.4 Å². The Labute approximate surface area is 235 Å². The van der Waals surface area contributed by atoms with E-state index in [9.17, 15) is 14.4 Å². The number of para-hydroxylation sites is 2. The van der Waals surface area contributed by atoms with Crippen LogP contribution in [0.1, 0.15) is 34.6 Å². The maximum absolute atomic E-state index is 11.9. The normalized spacial score (nSPS) is 10.1. The second-order valence-corrected chi connectivity index (χ2v) is 8.07. The lowest BCUT2D eigenvalue weighted by Gasteiger charge is -2.08. The summed E-state index contributed by atoms with van der Waals surface area (Å²) in [5.41, 5.74) is 0.826. The highest BCUT2D eigenvalue weighted by Crippen LogP contribution is 2.28. The molecule has 0 atom stereocenters. The van der Waals surface area contributed by atoms with E-state index in [2.05, 4.69) is 19.9 Å². The Bertz CT molecular complexity index is 1540. The fourth-order valence-corrected chi connectivity index (χ4v) is 3.60. The molecule has 4 aromatic rings. The van der Waals surface area contributed by atoms with Crippen molar-refractivity contribution in [1.29, 1.82) is 0 Å². The van der Waals surface area contributed by atoms with Crippen LogP contribution in [0.2, 0.25) is 5.15 Å². The number of aromatic nitrogens is 4. The van der Waals surface area contributed by atoms with Gasteiger partial charge < -0.3 is 23.9 Å². The molecule has 40 heavy (non-hydrogen) atoms. The molecule has 0 saturated heterocycles. The predicted molar refractivity (Wildman–Crippen MR) is 148 cm³/mol. The number of esters is 2. The molecule has 2 heterocycles. The van der Waals surface area contributed by atoms with Gasteiger partial charge >= 0.3 is 11.9 Å². The highest BCUT2D eigenvalue weighted by Gasteiger charge is 2.17. The minimum atomic E-state index is -0.687. The Morgan fingerprint density at radius 3 is 1.88 bits per heavy atom. The lowest BCUT2D eigenvalue weighted by Crippen LogP contribution is -2.21. The number of carbonyl (C=O) groups is 2. The van der Waals surface area contributed by atoms with E-state index in [4.69, 9.17) is 30.5 Å². The van der Waals surface area contributed by atoms with Crippen LogP contribution in [-0.2, 0) is 9.47 Å². The fourth-order valence-electron chi connectivity index (χ4n) is 3.39. The number of ether oxygens (including phenoxy) is 4. The van der Waals surface area contributed by atoms with Crippen LogP contribution in [0.25, 0.3) is 22.8 Å². The van der Waals surface area contributed by atoms with Crippen LogP contribution < -0.4 is 15.0 Å². The largest absolute Gasteiger partial charge is 0.496 e. The van der Waals surface area contributed by atoms with Gasteiger partial charge in [0.15, 0.2) is 5.82 Å². The van der Waals surface area contributed by atoms with Crippen molar-refractivity contribution < 1.29 is 28.5 Å². The highest BCUT2D eigenvalue weighted by atomic mass is 35.5. The molecule has 0 aliphatic heterocycles. The third kappa shape index (κ3) is 7.20. The summed E-state index contributed by atoms with van der Waals surface area (Å²) in [5.74, 6) is 0.713. The summed E-state index contributed by atoms with van der Waals surface area (Å²) in [6.07, 6.45) is 2.56. The topological polar surface area (TPSA) is 143 Å². The van der Waals surface area contributed by atoms with Crippen LogP contribution >= 0.6 is 11.6 Å². The number of aromatic amines is 1. The van der Waals surface area contributed by atoms with Gasteiger partial charge in [-0.25, -0.2) is 24.5 Å². The van der Waals surface area contributed by atoms with Crippen molar-refractivity contribution in [2.24, 2.45) is 0 Å². The van der Waals surface area contributed by atoms with Gasteiger partial charge in [0.1, 0.15) is 33.6 Å². The Hall–Kier alpha value is -4.77. The number of benzene rings is 2. The van der Waals surface area contributed by atoms with Gasteiger partial charge in [-0.2, -0.15) is 0 Å². The second kappa shape index (κ2) is 14.4. The number of carbonyl (C=O) groups excluding carboxylic acids is 2. The first-order chi connectivity index (χ1) is 19.3. The van der Waals surface area contributed by atoms with Gasteiger partial charge in [-0.1, -0.05) is 35.9 Å². The molecule has 1 N–H and O–H groups in total. The molecule has 0 saturated carbocycles. The number of rotatable bonds is 8. The van der Waals surface area contributed by atoms with E-state index in [1.165, 1.54) is 19.5 Å². The van der Waals surface area contributed by atoms with E-state index in [1.54, 1.807) is 45.2 Å². The van der Waals surface area contributed by atoms with Gasteiger partial charge in [0.05, 0.1) is 38.6 Å². The summed E-state index contributed by atoms with van der Waals surface area (Å²) in [7, 11) is 3.09. The first-order valence-electron chi connectivity index (χ1n) is 12.1. The van der Waals surface area contributed by atoms with E-state index in [0.717, 1.165) is 0 Å². The van der Waals surface area contributed by atoms with Crippen LogP contribution in [-0.4, -0.2) is 59.3 Å². The second-order valence-electron chi connectivity index (χ2n) is 7.71. The molecular weight excluding hydrogens is 540 g/mol. The molecule has 0 aliphatic carbocycles. The van der Waals surface area contributed by atoms with E-state index in [0.29, 0.717) is 34.3 Å². The zero-order valence-corrected chi connectivity index (χ0v) is 23.0.